The first-order valence-electron chi connectivity index (χ1n) is 7.12. The van der Waals surface area contributed by atoms with Crippen LogP contribution in [0.15, 0.2) is 42.7 Å². The molecule has 0 fully saturated rings. The lowest BCUT2D eigenvalue weighted by Gasteiger charge is -2.44. The van der Waals surface area contributed by atoms with Crippen molar-refractivity contribution in [1.82, 2.24) is 9.62 Å². The topological polar surface area (TPSA) is 73.3 Å². The standard InChI is InChI=1S/C16H25N3O2S/c1-6-16(12-13(2)17,15-10-8-7-9-11-15)19(4)14(3)18-22(5,20)21/h7-11,17-18H,3,6,12H2,1-2,4-5H3. The van der Waals surface area contributed by atoms with Gasteiger partial charge in [0, 0.05) is 19.2 Å². The van der Waals surface area contributed by atoms with Gasteiger partial charge in [-0.3, -0.25) is 4.72 Å². The normalized spacial score (nSPS) is 14.0. The highest BCUT2D eigenvalue weighted by Crippen LogP contribution is 2.36. The van der Waals surface area contributed by atoms with Crippen molar-refractivity contribution in [2.24, 2.45) is 0 Å². The predicted molar refractivity (Wildman–Crippen MR) is 91.3 cm³/mol. The molecule has 6 heteroatoms. The SMILES string of the molecule is C=C(NS(C)(=O)=O)N(C)C(CC)(CC(C)=N)c1ccccc1. The van der Waals surface area contributed by atoms with E-state index in [0.29, 0.717) is 24.4 Å². The predicted octanol–water partition coefficient (Wildman–Crippen LogP) is 2.67. The summed E-state index contributed by atoms with van der Waals surface area (Å²) in [5.41, 5.74) is 1.05. The van der Waals surface area contributed by atoms with Crippen LogP contribution in [0.2, 0.25) is 0 Å². The molecule has 0 saturated carbocycles. The maximum atomic E-state index is 11.5. The van der Waals surface area contributed by atoms with E-state index >= 15 is 0 Å². The van der Waals surface area contributed by atoms with Crippen LogP contribution >= 0.6 is 0 Å². The zero-order valence-corrected chi connectivity index (χ0v) is 14.5. The van der Waals surface area contributed by atoms with Gasteiger partial charge < -0.3 is 10.3 Å². The zero-order valence-electron chi connectivity index (χ0n) is 13.7. The summed E-state index contributed by atoms with van der Waals surface area (Å²) in [4.78, 5) is 1.82. The van der Waals surface area contributed by atoms with Crippen molar-refractivity contribution in [3.8, 4) is 0 Å². The Bertz CT molecular complexity index is 641. The summed E-state index contributed by atoms with van der Waals surface area (Å²) in [6.45, 7) is 7.64. The fourth-order valence-electron chi connectivity index (χ4n) is 2.71. The Kier molecular flexibility index (Phi) is 5.77. The van der Waals surface area contributed by atoms with Crippen LogP contribution in [0, 0.1) is 5.41 Å². The molecule has 22 heavy (non-hydrogen) atoms. The number of nitrogens with one attached hydrogen (secondary N) is 2. The van der Waals surface area contributed by atoms with E-state index in [-0.39, 0.29) is 0 Å². The lowest BCUT2D eigenvalue weighted by molar-refractivity contribution is 0.156. The summed E-state index contributed by atoms with van der Waals surface area (Å²) in [6.07, 6.45) is 2.31. The summed E-state index contributed by atoms with van der Waals surface area (Å²) < 4.78 is 25.4. The number of nitrogens with zero attached hydrogens (tertiary/aromatic N) is 1. The first-order chi connectivity index (χ1) is 10.1. The lowest BCUT2D eigenvalue weighted by atomic mass is 9.81. The molecule has 122 valence electrons. The molecular formula is C16H25N3O2S. The average molecular weight is 323 g/mol. The molecule has 0 aliphatic carbocycles. The molecule has 0 saturated heterocycles. The van der Waals surface area contributed by atoms with Gasteiger partial charge in [0.25, 0.3) is 0 Å². The van der Waals surface area contributed by atoms with Crippen molar-refractivity contribution in [2.75, 3.05) is 13.3 Å². The van der Waals surface area contributed by atoms with Crippen molar-refractivity contribution < 1.29 is 8.42 Å². The van der Waals surface area contributed by atoms with E-state index in [1.165, 1.54) is 0 Å². The van der Waals surface area contributed by atoms with E-state index in [0.717, 1.165) is 11.8 Å². The molecule has 1 unspecified atom stereocenters. The van der Waals surface area contributed by atoms with Gasteiger partial charge in [0.2, 0.25) is 10.0 Å². The van der Waals surface area contributed by atoms with Gasteiger partial charge in [-0.15, -0.1) is 0 Å². The van der Waals surface area contributed by atoms with Crippen LogP contribution in [-0.2, 0) is 15.6 Å². The Morgan fingerprint density at radius 3 is 2.32 bits per heavy atom. The molecule has 2 N–H and O–H groups in total. The Morgan fingerprint density at radius 2 is 1.91 bits per heavy atom. The minimum absolute atomic E-state index is 0.300. The van der Waals surface area contributed by atoms with Crippen molar-refractivity contribution in [1.29, 1.82) is 5.41 Å². The van der Waals surface area contributed by atoms with Crippen LogP contribution in [0.3, 0.4) is 0 Å². The first kappa shape index (κ1) is 18.2. The van der Waals surface area contributed by atoms with Crippen LogP contribution < -0.4 is 4.72 Å². The molecule has 1 aromatic carbocycles. The fraction of sp³-hybridized carbons (Fsp3) is 0.438. The van der Waals surface area contributed by atoms with Gasteiger partial charge in [0.05, 0.1) is 11.8 Å². The Balaban J connectivity index is 3.31. The third kappa shape index (κ3) is 4.34. The number of rotatable bonds is 8. The molecule has 0 aliphatic heterocycles. The van der Waals surface area contributed by atoms with E-state index < -0.39 is 15.6 Å². The number of benzene rings is 1. The maximum Gasteiger partial charge on any atom is 0.230 e. The molecule has 1 atom stereocenters. The maximum absolute atomic E-state index is 11.5. The van der Waals surface area contributed by atoms with Gasteiger partial charge in [-0.1, -0.05) is 43.8 Å². The van der Waals surface area contributed by atoms with E-state index in [2.05, 4.69) is 11.3 Å². The van der Waals surface area contributed by atoms with Crippen molar-refractivity contribution >= 4 is 15.7 Å². The summed E-state index contributed by atoms with van der Waals surface area (Å²) in [5, 5.41) is 7.92. The molecule has 0 heterocycles. The highest BCUT2D eigenvalue weighted by Gasteiger charge is 2.36. The third-order valence-corrected chi connectivity index (χ3v) is 4.41. The number of hydrogen-bond donors (Lipinski definition) is 2. The minimum atomic E-state index is -3.39. The molecule has 0 bridgehead atoms. The van der Waals surface area contributed by atoms with Crippen LogP contribution in [0.1, 0.15) is 32.3 Å². The van der Waals surface area contributed by atoms with Crippen molar-refractivity contribution in [3.05, 3.63) is 48.3 Å². The second-order valence-corrected chi connectivity index (χ2v) is 7.34. The second kappa shape index (κ2) is 6.96. The Hall–Kier alpha value is -1.82. The Labute approximate surface area is 133 Å². The van der Waals surface area contributed by atoms with Gasteiger partial charge in [-0.05, 0) is 18.9 Å². The highest BCUT2D eigenvalue weighted by atomic mass is 32.2. The van der Waals surface area contributed by atoms with E-state index in [9.17, 15) is 8.42 Å². The molecule has 5 nitrogen and oxygen atoms in total. The summed E-state index contributed by atoms with van der Waals surface area (Å²) >= 11 is 0. The zero-order chi connectivity index (χ0) is 17.0. The smallest absolute Gasteiger partial charge is 0.230 e. The Morgan fingerprint density at radius 1 is 1.36 bits per heavy atom. The molecule has 0 aromatic heterocycles. The van der Waals surface area contributed by atoms with Crippen LogP contribution in [0.4, 0.5) is 0 Å². The molecule has 0 aliphatic rings. The summed E-state index contributed by atoms with van der Waals surface area (Å²) in [7, 11) is -1.59. The van der Waals surface area contributed by atoms with Gasteiger partial charge in [0.1, 0.15) is 5.82 Å². The lowest BCUT2D eigenvalue weighted by Crippen LogP contribution is -2.47. The third-order valence-electron chi connectivity index (χ3n) is 3.80. The largest absolute Gasteiger partial charge is 0.351 e. The van der Waals surface area contributed by atoms with Gasteiger partial charge in [-0.25, -0.2) is 8.42 Å². The van der Waals surface area contributed by atoms with Crippen LogP contribution in [0.25, 0.3) is 0 Å². The van der Waals surface area contributed by atoms with E-state index in [1.54, 1.807) is 14.0 Å². The van der Waals surface area contributed by atoms with E-state index in [1.807, 2.05) is 42.2 Å². The van der Waals surface area contributed by atoms with Gasteiger partial charge in [-0.2, -0.15) is 0 Å². The molecule has 0 spiro atoms. The van der Waals surface area contributed by atoms with Crippen molar-refractivity contribution in [2.45, 2.75) is 32.2 Å². The van der Waals surface area contributed by atoms with Crippen molar-refractivity contribution in [3.63, 3.8) is 0 Å². The molecule has 0 radical (unpaired) electrons. The molecule has 1 aromatic rings. The number of hydrogen-bond acceptors (Lipinski definition) is 4. The quantitative estimate of drug-likeness (QED) is 0.722. The molecule has 1 rings (SSSR count). The summed E-state index contributed by atoms with van der Waals surface area (Å²) in [6, 6.07) is 9.82. The second-order valence-electron chi connectivity index (χ2n) is 5.59. The number of sulfonamides is 1. The average Bonchev–Trinajstić information content (AvgIpc) is 2.43. The highest BCUT2D eigenvalue weighted by molar-refractivity contribution is 7.88. The van der Waals surface area contributed by atoms with E-state index in [4.69, 9.17) is 5.41 Å². The van der Waals surface area contributed by atoms with Gasteiger partial charge >= 0.3 is 0 Å². The molecular weight excluding hydrogens is 298 g/mol. The van der Waals surface area contributed by atoms with Crippen LogP contribution in [0.5, 0.6) is 0 Å². The molecule has 0 amide bonds. The fourth-order valence-corrected chi connectivity index (χ4v) is 3.27. The first-order valence-corrected chi connectivity index (χ1v) is 9.01. The summed E-state index contributed by atoms with van der Waals surface area (Å²) in [5.74, 6) is 0.300. The monoisotopic (exact) mass is 323 g/mol. The van der Waals surface area contributed by atoms with Gasteiger partial charge in [0.15, 0.2) is 0 Å². The minimum Gasteiger partial charge on any atom is -0.351 e. The van der Waals surface area contributed by atoms with Crippen LogP contribution in [-0.4, -0.2) is 32.3 Å².